The molecule has 0 bridgehead atoms. The summed E-state index contributed by atoms with van der Waals surface area (Å²) in [6, 6.07) is 10.0. The molecule has 1 heterocycles. The Morgan fingerprint density at radius 2 is 1.71 bits per heavy atom. The van der Waals surface area contributed by atoms with Gasteiger partial charge in [0.2, 0.25) is 0 Å². The second-order valence-electron chi connectivity index (χ2n) is 5.97. The van der Waals surface area contributed by atoms with Crippen LogP contribution >= 0.6 is 11.6 Å². The highest BCUT2D eigenvalue weighted by Gasteiger charge is 2.15. The Labute approximate surface area is 147 Å². The maximum Gasteiger partial charge on any atom is 0.263 e. The van der Waals surface area contributed by atoms with E-state index in [9.17, 15) is 8.42 Å². The Morgan fingerprint density at radius 1 is 1.00 bits per heavy atom. The van der Waals surface area contributed by atoms with Crippen molar-refractivity contribution in [2.75, 3.05) is 10.0 Å². The normalized spacial score (nSPS) is 15.9. The minimum atomic E-state index is -3.66. The second kappa shape index (κ2) is 7.40. The van der Waals surface area contributed by atoms with Gasteiger partial charge in [0, 0.05) is 11.1 Å². The van der Waals surface area contributed by atoms with E-state index >= 15 is 0 Å². The van der Waals surface area contributed by atoms with Crippen LogP contribution in [0, 0.1) is 0 Å². The molecule has 24 heavy (non-hydrogen) atoms. The molecule has 1 aromatic heterocycles. The highest BCUT2D eigenvalue weighted by Crippen LogP contribution is 2.22. The van der Waals surface area contributed by atoms with E-state index < -0.39 is 10.0 Å². The second-order valence-corrected chi connectivity index (χ2v) is 8.09. The summed E-state index contributed by atoms with van der Waals surface area (Å²) in [5, 5.41) is 3.95. The van der Waals surface area contributed by atoms with Crippen molar-refractivity contribution in [1.82, 2.24) is 4.98 Å². The summed E-state index contributed by atoms with van der Waals surface area (Å²) in [6.45, 7) is 0. The number of hydrogen-bond donors (Lipinski definition) is 2. The largest absolute Gasteiger partial charge is 0.381 e. The van der Waals surface area contributed by atoms with Gasteiger partial charge in [0.25, 0.3) is 10.0 Å². The number of nitrogens with zero attached hydrogens (tertiary/aromatic N) is 1. The Balaban J connectivity index is 1.66. The van der Waals surface area contributed by atoms with E-state index in [2.05, 4.69) is 15.0 Å². The Morgan fingerprint density at radius 3 is 2.33 bits per heavy atom. The molecule has 1 fully saturated rings. The van der Waals surface area contributed by atoms with Crippen LogP contribution in [0.15, 0.2) is 47.5 Å². The molecule has 128 valence electrons. The van der Waals surface area contributed by atoms with Gasteiger partial charge in [0.05, 0.1) is 16.8 Å². The zero-order valence-electron chi connectivity index (χ0n) is 13.2. The van der Waals surface area contributed by atoms with E-state index in [0.717, 1.165) is 5.69 Å². The summed E-state index contributed by atoms with van der Waals surface area (Å²) >= 11 is 5.78. The number of sulfonamides is 1. The van der Waals surface area contributed by atoms with Crippen molar-refractivity contribution in [3.8, 4) is 0 Å². The van der Waals surface area contributed by atoms with E-state index in [1.54, 1.807) is 24.4 Å². The zero-order chi connectivity index (χ0) is 17.0. The van der Waals surface area contributed by atoms with Crippen LogP contribution in [-0.2, 0) is 10.0 Å². The summed E-state index contributed by atoms with van der Waals surface area (Å²) < 4.78 is 27.1. The van der Waals surface area contributed by atoms with Crippen molar-refractivity contribution in [2.45, 2.75) is 43.0 Å². The molecule has 0 spiro atoms. The molecule has 2 aromatic rings. The molecule has 7 heteroatoms. The number of nitrogens with one attached hydrogen (secondary N) is 2. The van der Waals surface area contributed by atoms with Crippen LogP contribution in [-0.4, -0.2) is 19.4 Å². The Hall–Kier alpha value is -1.79. The first-order chi connectivity index (χ1) is 11.5. The molecule has 3 rings (SSSR count). The van der Waals surface area contributed by atoms with Gasteiger partial charge in [-0.3, -0.25) is 4.72 Å². The van der Waals surface area contributed by atoms with Crippen LogP contribution in [0.3, 0.4) is 0 Å². The summed E-state index contributed by atoms with van der Waals surface area (Å²) in [7, 11) is -3.66. The van der Waals surface area contributed by atoms with Crippen LogP contribution in [0.5, 0.6) is 0 Å². The Kier molecular flexibility index (Phi) is 5.26. The summed E-state index contributed by atoms with van der Waals surface area (Å²) in [6.07, 6.45) is 7.82. The summed E-state index contributed by atoms with van der Waals surface area (Å²) in [5.74, 6) is 0.291. The van der Waals surface area contributed by atoms with Gasteiger partial charge < -0.3 is 5.32 Å². The fourth-order valence-corrected chi connectivity index (χ4v) is 3.97. The predicted molar refractivity (Wildman–Crippen MR) is 97.0 cm³/mol. The van der Waals surface area contributed by atoms with Gasteiger partial charge in [0.15, 0.2) is 0 Å². The number of anilines is 2. The van der Waals surface area contributed by atoms with Crippen LogP contribution in [0.4, 0.5) is 11.5 Å². The molecular weight excluding hydrogens is 346 g/mol. The number of pyridine rings is 1. The van der Waals surface area contributed by atoms with Crippen molar-refractivity contribution in [3.05, 3.63) is 47.6 Å². The minimum Gasteiger partial charge on any atom is -0.381 e. The Bertz CT molecular complexity index is 770. The zero-order valence-corrected chi connectivity index (χ0v) is 14.8. The third-order valence-electron chi connectivity index (χ3n) is 4.10. The summed E-state index contributed by atoms with van der Waals surface area (Å²) in [5.41, 5.74) is 0.913. The third kappa shape index (κ3) is 4.39. The summed E-state index contributed by atoms with van der Waals surface area (Å²) in [4.78, 5) is 4.34. The maximum atomic E-state index is 12.3. The number of benzene rings is 1. The number of rotatable bonds is 5. The SMILES string of the molecule is O=S(=O)(Nc1ccc(NC2CCCCC2)cn1)c1ccc(Cl)cc1. The van der Waals surface area contributed by atoms with Crippen LogP contribution in [0.2, 0.25) is 5.02 Å². The van der Waals surface area contributed by atoms with Crippen molar-refractivity contribution in [3.63, 3.8) is 0 Å². The molecular formula is C17H20ClN3O2S. The van der Waals surface area contributed by atoms with E-state index in [1.165, 1.54) is 44.2 Å². The molecule has 0 aliphatic heterocycles. The van der Waals surface area contributed by atoms with E-state index in [4.69, 9.17) is 11.6 Å². The molecule has 1 aromatic carbocycles. The smallest absolute Gasteiger partial charge is 0.263 e. The highest BCUT2D eigenvalue weighted by molar-refractivity contribution is 7.92. The van der Waals surface area contributed by atoms with Crippen molar-refractivity contribution >= 4 is 33.1 Å². The minimum absolute atomic E-state index is 0.151. The first-order valence-corrected chi connectivity index (χ1v) is 9.90. The van der Waals surface area contributed by atoms with E-state index in [0.29, 0.717) is 16.9 Å². The lowest BCUT2D eigenvalue weighted by Gasteiger charge is -2.23. The standard InChI is InChI=1S/C17H20ClN3O2S/c18-13-6-9-16(10-7-13)24(22,23)21-17-11-8-15(12-19-17)20-14-4-2-1-3-5-14/h6-12,14,20H,1-5H2,(H,19,21). The highest BCUT2D eigenvalue weighted by atomic mass is 35.5. The van der Waals surface area contributed by atoms with Crippen LogP contribution < -0.4 is 10.0 Å². The molecule has 5 nitrogen and oxygen atoms in total. The number of aromatic nitrogens is 1. The van der Waals surface area contributed by atoms with Gasteiger partial charge in [-0.25, -0.2) is 13.4 Å². The number of hydrogen-bond acceptors (Lipinski definition) is 4. The van der Waals surface area contributed by atoms with Gasteiger partial charge in [-0.05, 0) is 49.2 Å². The molecule has 1 saturated carbocycles. The van der Waals surface area contributed by atoms with Crippen LogP contribution in [0.25, 0.3) is 0 Å². The van der Waals surface area contributed by atoms with Crippen molar-refractivity contribution in [2.24, 2.45) is 0 Å². The lowest BCUT2D eigenvalue weighted by atomic mass is 9.95. The van der Waals surface area contributed by atoms with Crippen LogP contribution in [0.1, 0.15) is 32.1 Å². The molecule has 0 amide bonds. The molecule has 0 radical (unpaired) electrons. The average Bonchev–Trinajstić information content (AvgIpc) is 2.58. The van der Waals surface area contributed by atoms with Gasteiger partial charge in [-0.2, -0.15) is 0 Å². The van der Waals surface area contributed by atoms with Gasteiger partial charge in [0.1, 0.15) is 5.82 Å². The molecule has 2 N–H and O–H groups in total. The molecule has 0 saturated heterocycles. The molecule has 0 atom stereocenters. The fraction of sp³-hybridized carbons (Fsp3) is 0.353. The predicted octanol–water partition coefficient (Wildman–Crippen LogP) is 4.28. The molecule has 0 unspecified atom stereocenters. The molecule has 1 aliphatic carbocycles. The van der Waals surface area contributed by atoms with Gasteiger partial charge >= 0.3 is 0 Å². The molecule has 1 aliphatic rings. The lowest BCUT2D eigenvalue weighted by Crippen LogP contribution is -2.22. The maximum absolute atomic E-state index is 12.3. The monoisotopic (exact) mass is 365 g/mol. The number of halogens is 1. The fourth-order valence-electron chi connectivity index (χ4n) is 2.83. The van der Waals surface area contributed by atoms with E-state index in [-0.39, 0.29) is 4.90 Å². The van der Waals surface area contributed by atoms with Gasteiger partial charge in [-0.1, -0.05) is 30.9 Å². The topological polar surface area (TPSA) is 71.1 Å². The van der Waals surface area contributed by atoms with Crippen molar-refractivity contribution < 1.29 is 8.42 Å². The third-order valence-corrected chi connectivity index (χ3v) is 5.72. The average molecular weight is 366 g/mol. The lowest BCUT2D eigenvalue weighted by molar-refractivity contribution is 0.462. The van der Waals surface area contributed by atoms with Gasteiger partial charge in [-0.15, -0.1) is 0 Å². The first-order valence-electron chi connectivity index (χ1n) is 8.04. The quantitative estimate of drug-likeness (QED) is 0.829. The van der Waals surface area contributed by atoms with Crippen molar-refractivity contribution in [1.29, 1.82) is 0 Å². The first kappa shape index (κ1) is 17.0. The van der Waals surface area contributed by atoms with E-state index in [1.807, 2.05) is 6.07 Å².